The lowest BCUT2D eigenvalue weighted by atomic mass is 10.3. The van der Waals surface area contributed by atoms with Crippen LogP contribution in [0.25, 0.3) is 0 Å². The van der Waals surface area contributed by atoms with Crippen molar-refractivity contribution in [1.82, 2.24) is 5.43 Å². The molecule has 1 aromatic rings. The minimum Gasteiger partial charge on any atom is -0.277 e. The van der Waals surface area contributed by atoms with Crippen molar-refractivity contribution in [2.75, 3.05) is 0 Å². The van der Waals surface area contributed by atoms with Crippen LogP contribution in [0.1, 0.15) is 11.8 Å². The van der Waals surface area contributed by atoms with Gasteiger partial charge in [-0.05, 0) is 18.4 Å². The molecule has 0 bridgehead atoms. The van der Waals surface area contributed by atoms with Crippen LogP contribution in [0.5, 0.6) is 0 Å². The summed E-state index contributed by atoms with van der Waals surface area (Å²) in [5.74, 6) is 0. The molecule has 1 rings (SSSR count). The molecule has 1 heterocycles. The summed E-state index contributed by atoms with van der Waals surface area (Å²) in [6.07, 6.45) is 0.553. The molecule has 0 spiro atoms. The van der Waals surface area contributed by atoms with Gasteiger partial charge in [0.25, 0.3) is 0 Å². The Bertz CT molecular complexity index is 253. The first-order valence-electron chi connectivity index (χ1n) is 3.12. The second-order valence-electron chi connectivity index (χ2n) is 1.92. The zero-order chi connectivity index (χ0) is 8.10. The fourth-order valence-electron chi connectivity index (χ4n) is 0.663. The lowest BCUT2D eigenvalue weighted by Crippen LogP contribution is -2.05. The quantitative estimate of drug-likeness (QED) is 0.411. The van der Waals surface area contributed by atoms with E-state index in [9.17, 15) is 4.79 Å². The van der Waals surface area contributed by atoms with Crippen LogP contribution in [0.15, 0.2) is 22.6 Å². The largest absolute Gasteiger partial charge is 0.277 e. The summed E-state index contributed by atoms with van der Waals surface area (Å²) in [5.41, 5.74) is 3.08. The Morgan fingerprint density at radius 1 is 1.82 bits per heavy atom. The Balaban J connectivity index is 2.68. The highest BCUT2D eigenvalue weighted by Gasteiger charge is 1.95. The third kappa shape index (κ3) is 2.16. The predicted octanol–water partition coefficient (Wildman–Crippen LogP) is 1.22. The van der Waals surface area contributed by atoms with Gasteiger partial charge in [0, 0.05) is 4.88 Å². The second kappa shape index (κ2) is 3.88. The molecule has 4 heteroatoms. The molecule has 1 N–H and O–H groups in total. The molecule has 0 aromatic carbocycles. The number of hydrogen-bond acceptors (Lipinski definition) is 3. The van der Waals surface area contributed by atoms with Crippen LogP contribution in [-0.2, 0) is 4.79 Å². The van der Waals surface area contributed by atoms with Gasteiger partial charge in [-0.3, -0.25) is 4.79 Å². The van der Waals surface area contributed by atoms with Crippen molar-refractivity contribution in [3.8, 4) is 0 Å². The molecule has 0 saturated heterocycles. The third-order valence-electron chi connectivity index (χ3n) is 1.16. The van der Waals surface area contributed by atoms with Crippen LogP contribution >= 0.6 is 11.3 Å². The monoisotopic (exact) mass is 168 g/mol. The van der Waals surface area contributed by atoms with Crippen molar-refractivity contribution in [2.45, 2.75) is 6.92 Å². The maximum atomic E-state index is 9.86. The molecular formula is C7H8N2OS. The minimum absolute atomic E-state index is 0.553. The number of hydrogen-bond donors (Lipinski definition) is 1. The Morgan fingerprint density at radius 3 is 3.18 bits per heavy atom. The van der Waals surface area contributed by atoms with E-state index < -0.39 is 0 Å². The normalized spacial score (nSPS) is 11.2. The van der Waals surface area contributed by atoms with Gasteiger partial charge in [0.05, 0.1) is 5.71 Å². The topological polar surface area (TPSA) is 41.5 Å². The van der Waals surface area contributed by atoms with Gasteiger partial charge in [0.15, 0.2) is 0 Å². The molecule has 1 amide bonds. The van der Waals surface area contributed by atoms with E-state index >= 15 is 0 Å². The number of carbonyl (C=O) groups is 1. The number of hydrazone groups is 1. The van der Waals surface area contributed by atoms with Gasteiger partial charge in [-0.25, -0.2) is 5.43 Å². The van der Waals surface area contributed by atoms with E-state index in [1.807, 2.05) is 24.4 Å². The molecule has 0 saturated carbocycles. The Hall–Kier alpha value is -1.16. The van der Waals surface area contributed by atoms with Crippen molar-refractivity contribution in [3.63, 3.8) is 0 Å². The van der Waals surface area contributed by atoms with E-state index in [1.165, 1.54) is 0 Å². The second-order valence-corrected chi connectivity index (χ2v) is 2.87. The Morgan fingerprint density at radius 2 is 2.64 bits per heavy atom. The molecule has 3 nitrogen and oxygen atoms in total. The molecule has 0 aliphatic heterocycles. The third-order valence-corrected chi connectivity index (χ3v) is 2.14. The summed E-state index contributed by atoms with van der Waals surface area (Å²) < 4.78 is 0. The summed E-state index contributed by atoms with van der Waals surface area (Å²) in [5, 5.41) is 5.76. The molecule has 0 aliphatic carbocycles. The molecule has 1 aromatic heterocycles. The van der Waals surface area contributed by atoms with Gasteiger partial charge in [-0.1, -0.05) is 6.07 Å². The van der Waals surface area contributed by atoms with Crippen molar-refractivity contribution in [2.24, 2.45) is 5.10 Å². The number of carbonyl (C=O) groups excluding carboxylic acids is 1. The standard InChI is InChI=1S/C7H8N2OS/c1-6(9-8-5-10)7-3-2-4-11-7/h2-5H,1H3,(H,8,10). The van der Waals surface area contributed by atoms with Crippen LogP contribution in [0, 0.1) is 0 Å². The van der Waals surface area contributed by atoms with Crippen molar-refractivity contribution >= 4 is 23.5 Å². The lowest BCUT2D eigenvalue weighted by Gasteiger charge is -1.92. The van der Waals surface area contributed by atoms with E-state index in [2.05, 4.69) is 10.5 Å². The van der Waals surface area contributed by atoms with E-state index in [0.717, 1.165) is 10.6 Å². The molecule has 0 aliphatic rings. The summed E-state index contributed by atoms with van der Waals surface area (Å²) in [7, 11) is 0. The van der Waals surface area contributed by atoms with E-state index in [0.29, 0.717) is 6.41 Å². The molecule has 0 radical (unpaired) electrons. The van der Waals surface area contributed by atoms with Gasteiger partial charge in [-0.2, -0.15) is 5.10 Å². The first-order chi connectivity index (χ1) is 5.34. The van der Waals surface area contributed by atoms with Crippen LogP contribution in [0.3, 0.4) is 0 Å². The molecule has 0 atom stereocenters. The highest BCUT2D eigenvalue weighted by atomic mass is 32.1. The fraction of sp³-hybridized carbons (Fsp3) is 0.143. The van der Waals surface area contributed by atoms with Gasteiger partial charge < -0.3 is 0 Å². The Kier molecular flexibility index (Phi) is 2.80. The molecular weight excluding hydrogens is 160 g/mol. The zero-order valence-electron chi connectivity index (χ0n) is 6.07. The number of rotatable bonds is 3. The van der Waals surface area contributed by atoms with Crippen molar-refractivity contribution in [3.05, 3.63) is 22.4 Å². The summed E-state index contributed by atoms with van der Waals surface area (Å²) in [6, 6.07) is 3.90. The maximum Gasteiger partial charge on any atom is 0.227 e. The molecule has 58 valence electrons. The van der Waals surface area contributed by atoms with Crippen LogP contribution in [-0.4, -0.2) is 12.1 Å². The summed E-state index contributed by atoms with van der Waals surface area (Å²) >= 11 is 1.59. The van der Waals surface area contributed by atoms with Crippen molar-refractivity contribution < 1.29 is 4.79 Å². The molecule has 0 unspecified atom stereocenters. The minimum atomic E-state index is 0.553. The van der Waals surface area contributed by atoms with Gasteiger partial charge in [0.1, 0.15) is 0 Å². The van der Waals surface area contributed by atoms with Crippen LogP contribution < -0.4 is 5.43 Å². The predicted molar refractivity (Wildman–Crippen MR) is 45.7 cm³/mol. The zero-order valence-corrected chi connectivity index (χ0v) is 6.89. The fourth-order valence-corrected chi connectivity index (χ4v) is 1.34. The van der Waals surface area contributed by atoms with Gasteiger partial charge >= 0.3 is 0 Å². The summed E-state index contributed by atoms with van der Waals surface area (Å²) in [4.78, 5) is 10.9. The van der Waals surface area contributed by atoms with Gasteiger partial charge in [-0.15, -0.1) is 11.3 Å². The van der Waals surface area contributed by atoms with E-state index in [1.54, 1.807) is 11.3 Å². The number of thiophene rings is 1. The maximum absolute atomic E-state index is 9.86. The van der Waals surface area contributed by atoms with Crippen LogP contribution in [0.2, 0.25) is 0 Å². The number of nitrogens with zero attached hydrogens (tertiary/aromatic N) is 1. The lowest BCUT2D eigenvalue weighted by molar-refractivity contribution is -0.109. The Labute approximate surface area is 68.7 Å². The molecule has 0 fully saturated rings. The highest BCUT2D eigenvalue weighted by molar-refractivity contribution is 7.12. The van der Waals surface area contributed by atoms with E-state index in [-0.39, 0.29) is 0 Å². The first kappa shape index (κ1) is 7.94. The average Bonchev–Trinajstić information content (AvgIpc) is 2.52. The van der Waals surface area contributed by atoms with E-state index in [4.69, 9.17) is 0 Å². The average molecular weight is 168 g/mol. The van der Waals surface area contributed by atoms with Crippen molar-refractivity contribution in [1.29, 1.82) is 0 Å². The van der Waals surface area contributed by atoms with Gasteiger partial charge in [0.2, 0.25) is 6.41 Å². The summed E-state index contributed by atoms with van der Waals surface area (Å²) in [6.45, 7) is 1.85. The number of nitrogens with one attached hydrogen (secondary N) is 1. The first-order valence-corrected chi connectivity index (χ1v) is 4.00. The van der Waals surface area contributed by atoms with Crippen LogP contribution in [0.4, 0.5) is 0 Å². The highest BCUT2D eigenvalue weighted by Crippen LogP contribution is 2.08. The smallest absolute Gasteiger partial charge is 0.227 e. The SMILES string of the molecule is CC(=NNC=O)c1cccs1. The molecule has 11 heavy (non-hydrogen) atoms. The number of amides is 1.